The van der Waals surface area contributed by atoms with Crippen LogP contribution in [0.5, 0.6) is 0 Å². The van der Waals surface area contributed by atoms with Crippen LogP contribution in [-0.2, 0) is 6.42 Å². The highest BCUT2D eigenvalue weighted by atomic mass is 14.4. The van der Waals surface area contributed by atoms with Gasteiger partial charge in [-0.1, -0.05) is 43.7 Å². The van der Waals surface area contributed by atoms with Gasteiger partial charge in [0.15, 0.2) is 0 Å². The molecule has 0 fully saturated rings. The maximum absolute atomic E-state index is 8.10. The van der Waals surface area contributed by atoms with Gasteiger partial charge < -0.3 is 10.8 Å². The number of hydrogen-bond donors (Lipinski definition) is 2. The van der Waals surface area contributed by atoms with E-state index in [-0.39, 0.29) is 0 Å². The van der Waals surface area contributed by atoms with E-state index in [4.69, 9.17) is 10.8 Å². The van der Waals surface area contributed by atoms with Crippen LogP contribution in [0.15, 0.2) is 30.3 Å². The van der Waals surface area contributed by atoms with Crippen molar-refractivity contribution in [2.75, 3.05) is 0 Å². The van der Waals surface area contributed by atoms with Crippen molar-refractivity contribution in [1.82, 2.24) is 0 Å². The van der Waals surface area contributed by atoms with Crippen LogP contribution in [0.2, 0.25) is 0 Å². The van der Waals surface area contributed by atoms with Crippen LogP contribution in [0.3, 0.4) is 0 Å². The minimum atomic E-state index is 0.655. The summed E-state index contributed by atoms with van der Waals surface area (Å²) in [7, 11) is 0. The highest BCUT2D eigenvalue weighted by molar-refractivity contribution is 5.83. The fraction of sp³-hybridized carbons (Fsp3) is 0.579. The zero-order chi connectivity index (χ0) is 15.5. The Balaban J connectivity index is 2.21. The van der Waals surface area contributed by atoms with E-state index in [9.17, 15) is 0 Å². The normalized spacial score (nSPS) is 12.1. The highest BCUT2D eigenvalue weighted by Crippen LogP contribution is 2.19. The topological polar surface area (TPSA) is 47.7 Å². The van der Waals surface area contributed by atoms with Gasteiger partial charge >= 0.3 is 0 Å². The van der Waals surface area contributed by atoms with E-state index in [0.29, 0.717) is 5.92 Å². The van der Waals surface area contributed by atoms with E-state index >= 15 is 0 Å². The first kappa shape index (κ1) is 17.6. The van der Waals surface area contributed by atoms with Crippen molar-refractivity contribution in [2.24, 2.45) is 5.92 Å². The molecule has 0 aliphatic carbocycles. The smallest absolute Gasteiger partial charge is 0.00920 e. The first-order valence-corrected chi connectivity index (χ1v) is 8.26. The van der Waals surface area contributed by atoms with Crippen LogP contribution in [0.1, 0.15) is 64.4 Å². The van der Waals surface area contributed by atoms with Crippen molar-refractivity contribution in [2.45, 2.75) is 65.2 Å². The number of benzene rings is 1. The molecule has 1 atom stereocenters. The molecule has 0 bridgehead atoms. The molecule has 1 aromatic rings. The molecule has 2 heteroatoms. The van der Waals surface area contributed by atoms with Gasteiger partial charge in [0.1, 0.15) is 0 Å². The Morgan fingerprint density at radius 2 is 1.76 bits per heavy atom. The van der Waals surface area contributed by atoms with Crippen molar-refractivity contribution in [3.63, 3.8) is 0 Å². The van der Waals surface area contributed by atoms with Gasteiger partial charge in [-0.3, -0.25) is 0 Å². The summed E-state index contributed by atoms with van der Waals surface area (Å²) < 4.78 is 0. The summed E-state index contributed by atoms with van der Waals surface area (Å²) in [6.45, 7) is 4.09. The Morgan fingerprint density at radius 1 is 1.05 bits per heavy atom. The summed E-state index contributed by atoms with van der Waals surface area (Å²) in [4.78, 5) is 0. The lowest BCUT2D eigenvalue weighted by Gasteiger charge is -2.15. The minimum Gasteiger partial charge on any atom is -0.310 e. The molecule has 0 saturated heterocycles. The van der Waals surface area contributed by atoms with E-state index in [1.807, 2.05) is 6.92 Å². The predicted molar refractivity (Wildman–Crippen MR) is 92.8 cm³/mol. The van der Waals surface area contributed by atoms with Crippen molar-refractivity contribution < 1.29 is 0 Å². The molecule has 0 amide bonds. The zero-order valence-electron chi connectivity index (χ0n) is 13.6. The van der Waals surface area contributed by atoms with E-state index in [1.54, 1.807) is 0 Å². The summed E-state index contributed by atoms with van der Waals surface area (Å²) in [5, 5.41) is 15.5. The molecule has 0 saturated carbocycles. The molecule has 0 radical (unpaired) electrons. The molecule has 0 spiro atoms. The van der Waals surface area contributed by atoms with Gasteiger partial charge in [-0.25, -0.2) is 0 Å². The molecule has 1 aromatic carbocycles. The molecule has 0 aromatic heterocycles. The largest absolute Gasteiger partial charge is 0.310 e. The van der Waals surface area contributed by atoms with E-state index < -0.39 is 0 Å². The lowest BCUT2D eigenvalue weighted by molar-refractivity contribution is 0.466. The first-order valence-electron chi connectivity index (χ1n) is 8.26. The SMILES string of the molecule is CCC(CCCc1ccccc1)CC(=N)CCCC(C)=N. The van der Waals surface area contributed by atoms with Crippen LogP contribution in [-0.4, -0.2) is 11.4 Å². The molecule has 1 rings (SSSR count). The summed E-state index contributed by atoms with van der Waals surface area (Å²) in [5.74, 6) is 0.655. The molecular weight excluding hydrogens is 256 g/mol. The summed E-state index contributed by atoms with van der Waals surface area (Å²) in [6.07, 6.45) is 8.38. The van der Waals surface area contributed by atoms with Crippen molar-refractivity contribution in [3.8, 4) is 0 Å². The van der Waals surface area contributed by atoms with Gasteiger partial charge in [0.25, 0.3) is 0 Å². The van der Waals surface area contributed by atoms with Crippen LogP contribution < -0.4 is 0 Å². The van der Waals surface area contributed by atoms with Crippen LogP contribution in [0.25, 0.3) is 0 Å². The molecule has 21 heavy (non-hydrogen) atoms. The minimum absolute atomic E-state index is 0.655. The highest BCUT2D eigenvalue weighted by Gasteiger charge is 2.09. The lowest BCUT2D eigenvalue weighted by Crippen LogP contribution is -2.08. The van der Waals surface area contributed by atoms with Gasteiger partial charge in [0.05, 0.1) is 0 Å². The number of rotatable bonds is 11. The number of hydrogen-bond acceptors (Lipinski definition) is 2. The third-order valence-electron chi connectivity index (χ3n) is 4.06. The Bertz CT molecular complexity index is 422. The van der Waals surface area contributed by atoms with Crippen molar-refractivity contribution in [1.29, 1.82) is 10.8 Å². The Morgan fingerprint density at radius 3 is 2.38 bits per heavy atom. The molecule has 2 nitrogen and oxygen atoms in total. The molecular formula is C19H30N2. The second-order valence-corrected chi connectivity index (χ2v) is 6.09. The lowest BCUT2D eigenvalue weighted by atomic mass is 9.91. The van der Waals surface area contributed by atoms with E-state index in [1.165, 1.54) is 24.8 Å². The summed E-state index contributed by atoms with van der Waals surface area (Å²) in [6, 6.07) is 10.7. The Labute approximate surface area is 130 Å². The maximum atomic E-state index is 8.10. The average molecular weight is 286 g/mol. The number of nitrogens with one attached hydrogen (secondary N) is 2. The van der Waals surface area contributed by atoms with Crippen molar-refractivity contribution >= 4 is 11.4 Å². The van der Waals surface area contributed by atoms with Crippen LogP contribution in [0.4, 0.5) is 0 Å². The molecule has 116 valence electrons. The molecule has 0 aliphatic heterocycles. The van der Waals surface area contributed by atoms with Crippen molar-refractivity contribution in [3.05, 3.63) is 35.9 Å². The summed E-state index contributed by atoms with van der Waals surface area (Å²) in [5.41, 5.74) is 3.03. The third-order valence-corrected chi connectivity index (χ3v) is 4.06. The van der Waals surface area contributed by atoms with Crippen LogP contribution >= 0.6 is 0 Å². The standard InChI is InChI=1S/C19H30N2/c1-3-17(15-19(21)14-7-9-16(2)20)12-8-13-18-10-5-4-6-11-18/h4-6,10-11,17,20-21H,3,7-9,12-15H2,1-2H3. The predicted octanol–water partition coefficient (Wildman–Crippen LogP) is 5.66. The molecule has 2 N–H and O–H groups in total. The van der Waals surface area contributed by atoms with Gasteiger partial charge in [0.2, 0.25) is 0 Å². The average Bonchev–Trinajstić information content (AvgIpc) is 2.47. The Hall–Kier alpha value is -1.44. The zero-order valence-corrected chi connectivity index (χ0v) is 13.6. The van der Waals surface area contributed by atoms with E-state index in [0.717, 1.165) is 43.5 Å². The van der Waals surface area contributed by atoms with Gasteiger partial charge in [-0.15, -0.1) is 0 Å². The molecule has 0 aliphatic rings. The molecule has 1 unspecified atom stereocenters. The maximum Gasteiger partial charge on any atom is 0.00920 e. The first-order chi connectivity index (χ1) is 10.1. The monoisotopic (exact) mass is 286 g/mol. The summed E-state index contributed by atoms with van der Waals surface area (Å²) >= 11 is 0. The number of aryl methyl sites for hydroxylation is 1. The van der Waals surface area contributed by atoms with Crippen LogP contribution in [0, 0.1) is 16.7 Å². The Kier molecular flexibility index (Phi) is 8.65. The second-order valence-electron chi connectivity index (χ2n) is 6.09. The quantitative estimate of drug-likeness (QED) is 0.493. The fourth-order valence-corrected chi connectivity index (χ4v) is 2.71. The van der Waals surface area contributed by atoms with Gasteiger partial charge in [0, 0.05) is 11.4 Å². The third kappa shape index (κ3) is 8.44. The fourth-order valence-electron chi connectivity index (χ4n) is 2.71. The molecule has 0 heterocycles. The van der Waals surface area contributed by atoms with Gasteiger partial charge in [-0.2, -0.15) is 0 Å². The van der Waals surface area contributed by atoms with Gasteiger partial charge in [-0.05, 0) is 63.4 Å². The van der Waals surface area contributed by atoms with E-state index in [2.05, 4.69) is 37.3 Å². The second kappa shape index (κ2) is 10.3.